The summed E-state index contributed by atoms with van der Waals surface area (Å²) in [5.41, 5.74) is 0. The Kier molecular flexibility index (Phi) is 4.27. The molecule has 1 saturated heterocycles. The zero-order chi connectivity index (χ0) is 15.6. The van der Waals surface area contributed by atoms with Crippen LogP contribution in [0.4, 0.5) is 5.82 Å². The van der Waals surface area contributed by atoms with Crippen molar-refractivity contribution in [3.05, 3.63) is 23.8 Å². The van der Waals surface area contributed by atoms with Crippen LogP contribution in [0, 0.1) is 5.92 Å². The summed E-state index contributed by atoms with van der Waals surface area (Å²) in [5.74, 6) is 2.44. The summed E-state index contributed by atoms with van der Waals surface area (Å²) in [7, 11) is 0. The molecule has 3 heterocycles. The molecule has 0 N–H and O–H groups in total. The standard InChI is InChI=1S/C17H23N5S/c1-13-11-21(14-3-2-4-14)8-9-22(12-13)15-5-6-18-16(20-15)17-19-7-10-23-17/h5-7,10,13-14H,2-4,8-9,11-12H2,1H3. The van der Waals surface area contributed by atoms with Crippen LogP contribution in [0.5, 0.6) is 0 Å². The lowest BCUT2D eigenvalue weighted by Crippen LogP contribution is -2.43. The van der Waals surface area contributed by atoms with E-state index >= 15 is 0 Å². The molecule has 1 unspecified atom stereocenters. The van der Waals surface area contributed by atoms with E-state index in [1.54, 1.807) is 17.5 Å². The number of aromatic nitrogens is 3. The average molecular weight is 329 g/mol. The van der Waals surface area contributed by atoms with Crippen molar-refractivity contribution in [1.82, 2.24) is 19.9 Å². The van der Waals surface area contributed by atoms with Gasteiger partial charge in [-0.25, -0.2) is 15.0 Å². The molecule has 5 nitrogen and oxygen atoms in total. The Morgan fingerprint density at radius 3 is 2.78 bits per heavy atom. The maximum absolute atomic E-state index is 4.76. The van der Waals surface area contributed by atoms with Crippen molar-refractivity contribution in [3.63, 3.8) is 0 Å². The fourth-order valence-corrected chi connectivity index (χ4v) is 4.10. The molecule has 23 heavy (non-hydrogen) atoms. The summed E-state index contributed by atoms with van der Waals surface area (Å²) in [6.45, 7) is 6.83. The Morgan fingerprint density at radius 2 is 2.04 bits per heavy atom. The van der Waals surface area contributed by atoms with Crippen LogP contribution in [0.2, 0.25) is 0 Å². The number of hydrogen-bond donors (Lipinski definition) is 0. The molecule has 0 radical (unpaired) electrons. The van der Waals surface area contributed by atoms with Crippen molar-refractivity contribution < 1.29 is 0 Å². The minimum absolute atomic E-state index is 0.663. The number of hydrogen-bond acceptors (Lipinski definition) is 6. The van der Waals surface area contributed by atoms with Crippen molar-refractivity contribution in [2.45, 2.75) is 32.2 Å². The van der Waals surface area contributed by atoms with Crippen LogP contribution in [0.3, 0.4) is 0 Å². The third kappa shape index (κ3) is 3.23. The normalized spacial score (nSPS) is 23.5. The number of nitrogens with zero attached hydrogens (tertiary/aromatic N) is 5. The minimum atomic E-state index is 0.663. The Hall–Kier alpha value is -1.53. The van der Waals surface area contributed by atoms with Crippen LogP contribution in [0.25, 0.3) is 10.8 Å². The topological polar surface area (TPSA) is 45.2 Å². The predicted octanol–water partition coefficient (Wildman–Crippen LogP) is 2.91. The number of rotatable bonds is 3. The van der Waals surface area contributed by atoms with Crippen LogP contribution in [-0.2, 0) is 0 Å². The highest BCUT2D eigenvalue weighted by atomic mass is 32.1. The zero-order valence-electron chi connectivity index (χ0n) is 13.6. The molecule has 1 atom stereocenters. The van der Waals surface area contributed by atoms with Gasteiger partial charge in [-0.1, -0.05) is 13.3 Å². The van der Waals surface area contributed by atoms with Gasteiger partial charge in [0.15, 0.2) is 10.8 Å². The average Bonchev–Trinajstić information content (AvgIpc) is 2.97. The molecular weight excluding hydrogens is 306 g/mol. The Morgan fingerprint density at radius 1 is 1.13 bits per heavy atom. The smallest absolute Gasteiger partial charge is 0.190 e. The first-order valence-electron chi connectivity index (χ1n) is 8.51. The van der Waals surface area contributed by atoms with Gasteiger partial charge >= 0.3 is 0 Å². The van der Waals surface area contributed by atoms with E-state index in [1.807, 2.05) is 17.6 Å². The van der Waals surface area contributed by atoms with Crippen LogP contribution >= 0.6 is 11.3 Å². The Bertz CT molecular complexity index is 640. The molecule has 0 aromatic carbocycles. The van der Waals surface area contributed by atoms with E-state index < -0.39 is 0 Å². The first-order valence-corrected chi connectivity index (χ1v) is 9.39. The van der Waals surface area contributed by atoms with Crippen molar-refractivity contribution >= 4 is 17.2 Å². The van der Waals surface area contributed by atoms with Gasteiger partial charge in [-0.05, 0) is 24.8 Å². The molecule has 0 amide bonds. The van der Waals surface area contributed by atoms with Gasteiger partial charge in [0, 0.05) is 50.0 Å². The van der Waals surface area contributed by atoms with E-state index in [0.717, 1.165) is 42.3 Å². The fourth-order valence-electron chi connectivity index (χ4n) is 3.52. The highest BCUT2D eigenvalue weighted by Crippen LogP contribution is 2.28. The molecule has 1 saturated carbocycles. The second kappa shape index (κ2) is 6.53. The lowest BCUT2D eigenvalue weighted by atomic mass is 9.91. The molecule has 4 rings (SSSR count). The monoisotopic (exact) mass is 329 g/mol. The first kappa shape index (κ1) is 15.0. The molecule has 6 heteroatoms. The van der Waals surface area contributed by atoms with Crippen LogP contribution in [-0.4, -0.2) is 52.1 Å². The van der Waals surface area contributed by atoms with Crippen LogP contribution in [0.1, 0.15) is 26.2 Å². The van der Waals surface area contributed by atoms with E-state index in [1.165, 1.54) is 25.8 Å². The maximum Gasteiger partial charge on any atom is 0.190 e. The van der Waals surface area contributed by atoms with Gasteiger partial charge < -0.3 is 4.90 Å². The molecular formula is C17H23N5S. The van der Waals surface area contributed by atoms with E-state index in [2.05, 4.69) is 26.7 Å². The molecule has 122 valence electrons. The van der Waals surface area contributed by atoms with Gasteiger partial charge in [0.25, 0.3) is 0 Å². The van der Waals surface area contributed by atoms with Gasteiger partial charge in [0.05, 0.1) is 0 Å². The summed E-state index contributed by atoms with van der Waals surface area (Å²) in [6, 6.07) is 2.86. The van der Waals surface area contributed by atoms with Crippen LogP contribution < -0.4 is 4.90 Å². The molecule has 2 fully saturated rings. The molecule has 2 aromatic rings. The highest BCUT2D eigenvalue weighted by molar-refractivity contribution is 7.12. The molecule has 0 spiro atoms. The van der Waals surface area contributed by atoms with E-state index in [4.69, 9.17) is 4.98 Å². The summed E-state index contributed by atoms with van der Waals surface area (Å²) >= 11 is 1.59. The second-order valence-corrected chi connectivity index (χ2v) is 7.60. The van der Waals surface area contributed by atoms with Gasteiger partial charge in [-0.3, -0.25) is 4.90 Å². The van der Waals surface area contributed by atoms with Gasteiger partial charge in [0.1, 0.15) is 5.82 Å². The third-order valence-corrected chi connectivity index (χ3v) is 5.68. The lowest BCUT2D eigenvalue weighted by Gasteiger charge is -2.37. The zero-order valence-corrected chi connectivity index (χ0v) is 14.4. The van der Waals surface area contributed by atoms with Crippen molar-refractivity contribution in [2.75, 3.05) is 31.1 Å². The Labute approximate surface area is 141 Å². The van der Waals surface area contributed by atoms with E-state index in [0.29, 0.717) is 5.92 Å². The molecule has 2 aromatic heterocycles. The van der Waals surface area contributed by atoms with E-state index in [-0.39, 0.29) is 0 Å². The molecule has 0 bridgehead atoms. The van der Waals surface area contributed by atoms with Crippen molar-refractivity contribution in [3.8, 4) is 10.8 Å². The molecule has 1 aliphatic heterocycles. The van der Waals surface area contributed by atoms with Gasteiger partial charge in [-0.2, -0.15) is 0 Å². The number of anilines is 1. The maximum atomic E-state index is 4.76. The fraction of sp³-hybridized carbons (Fsp3) is 0.588. The van der Waals surface area contributed by atoms with Crippen LogP contribution in [0.15, 0.2) is 23.8 Å². The lowest BCUT2D eigenvalue weighted by molar-refractivity contribution is 0.124. The second-order valence-electron chi connectivity index (χ2n) is 6.71. The van der Waals surface area contributed by atoms with E-state index in [9.17, 15) is 0 Å². The Balaban J connectivity index is 1.52. The summed E-state index contributed by atoms with van der Waals surface area (Å²) < 4.78 is 0. The van der Waals surface area contributed by atoms with Crippen molar-refractivity contribution in [1.29, 1.82) is 0 Å². The van der Waals surface area contributed by atoms with Gasteiger partial charge in [0.2, 0.25) is 0 Å². The predicted molar refractivity (Wildman–Crippen MR) is 93.7 cm³/mol. The minimum Gasteiger partial charge on any atom is -0.355 e. The molecule has 1 aliphatic carbocycles. The highest BCUT2D eigenvalue weighted by Gasteiger charge is 2.29. The first-order chi connectivity index (χ1) is 11.3. The van der Waals surface area contributed by atoms with Crippen molar-refractivity contribution in [2.24, 2.45) is 5.92 Å². The van der Waals surface area contributed by atoms with Gasteiger partial charge in [-0.15, -0.1) is 11.3 Å². The third-order valence-electron chi connectivity index (χ3n) is 4.91. The summed E-state index contributed by atoms with van der Waals surface area (Å²) in [6.07, 6.45) is 7.84. The largest absolute Gasteiger partial charge is 0.355 e. The summed E-state index contributed by atoms with van der Waals surface area (Å²) in [5, 5.41) is 2.86. The SMILES string of the molecule is CC1CN(c2ccnc(-c3nccs3)n2)CCN(C2CCC2)C1. The number of thiazole rings is 1. The molecule has 2 aliphatic rings. The summed E-state index contributed by atoms with van der Waals surface area (Å²) in [4.78, 5) is 18.6. The quantitative estimate of drug-likeness (QED) is 0.866.